The van der Waals surface area contributed by atoms with Crippen LogP contribution in [0.3, 0.4) is 0 Å². The summed E-state index contributed by atoms with van der Waals surface area (Å²) in [5, 5.41) is 5.84. The number of benzene rings is 1. The van der Waals surface area contributed by atoms with E-state index < -0.39 is 13.6 Å². The van der Waals surface area contributed by atoms with Crippen molar-refractivity contribution in [3.05, 3.63) is 35.9 Å². The van der Waals surface area contributed by atoms with Crippen LogP contribution in [-0.4, -0.2) is 13.6 Å². The van der Waals surface area contributed by atoms with E-state index in [9.17, 15) is 0 Å². The molecule has 0 heterocycles. The molecule has 0 N–H and O–H groups in total. The standard InChI is InChI=1S/C13H23As/c1-4-14(5-2,6-3)12-13-10-8-7-9-11-13/h7-11,14H,4-6,12H2,1-3H3. The monoisotopic (exact) mass is 254 g/mol. The van der Waals surface area contributed by atoms with Gasteiger partial charge in [0.1, 0.15) is 0 Å². The summed E-state index contributed by atoms with van der Waals surface area (Å²) in [6.07, 6.45) is 0. The van der Waals surface area contributed by atoms with Crippen molar-refractivity contribution in [2.45, 2.75) is 41.6 Å². The van der Waals surface area contributed by atoms with Crippen molar-refractivity contribution in [3.8, 4) is 0 Å². The molecule has 0 bridgehead atoms. The second kappa shape index (κ2) is 5.61. The van der Waals surface area contributed by atoms with Gasteiger partial charge in [-0.15, -0.1) is 0 Å². The summed E-state index contributed by atoms with van der Waals surface area (Å²) in [7, 11) is 0. The molecule has 80 valence electrons. The molecule has 0 atom stereocenters. The van der Waals surface area contributed by atoms with Crippen molar-refractivity contribution in [2.75, 3.05) is 0 Å². The van der Waals surface area contributed by atoms with Crippen molar-refractivity contribution < 1.29 is 0 Å². The first-order valence-corrected chi connectivity index (χ1v) is 11.7. The molecule has 14 heavy (non-hydrogen) atoms. The zero-order valence-electron chi connectivity index (χ0n) is 9.72. The second-order valence-corrected chi connectivity index (χ2v) is 15.7. The van der Waals surface area contributed by atoms with E-state index in [0.717, 1.165) is 0 Å². The van der Waals surface area contributed by atoms with Crippen LogP contribution < -0.4 is 0 Å². The Kier molecular flexibility index (Phi) is 4.75. The van der Waals surface area contributed by atoms with Gasteiger partial charge in [-0.1, -0.05) is 0 Å². The minimum atomic E-state index is -1.48. The summed E-state index contributed by atoms with van der Waals surface area (Å²) in [4.78, 5) is 0. The Morgan fingerprint density at radius 2 is 1.36 bits per heavy atom. The fourth-order valence-corrected chi connectivity index (χ4v) is 9.19. The van der Waals surface area contributed by atoms with Crippen LogP contribution in [-0.2, 0) is 5.21 Å². The van der Waals surface area contributed by atoms with E-state index in [1.165, 1.54) is 20.8 Å². The molecule has 0 aliphatic carbocycles. The van der Waals surface area contributed by atoms with Crippen LogP contribution in [0.2, 0.25) is 15.6 Å². The molecule has 0 radical (unpaired) electrons. The third-order valence-corrected chi connectivity index (χ3v) is 15.5. The van der Waals surface area contributed by atoms with Crippen molar-refractivity contribution in [1.29, 1.82) is 0 Å². The third kappa shape index (κ3) is 2.89. The molecule has 0 amide bonds. The van der Waals surface area contributed by atoms with Crippen LogP contribution in [0.5, 0.6) is 0 Å². The summed E-state index contributed by atoms with van der Waals surface area (Å²) in [5.74, 6) is 0. The molecule has 0 fully saturated rings. The van der Waals surface area contributed by atoms with Gasteiger partial charge >= 0.3 is 91.1 Å². The van der Waals surface area contributed by atoms with Crippen molar-refractivity contribution >= 4 is 13.6 Å². The molecule has 0 aliphatic rings. The summed E-state index contributed by atoms with van der Waals surface area (Å²) >= 11 is -1.48. The molecule has 0 nitrogen and oxygen atoms in total. The van der Waals surface area contributed by atoms with Crippen LogP contribution >= 0.6 is 0 Å². The zero-order valence-corrected chi connectivity index (χ0v) is 11.8. The van der Waals surface area contributed by atoms with E-state index in [2.05, 4.69) is 51.1 Å². The number of rotatable bonds is 5. The number of hydrogen-bond donors (Lipinski definition) is 0. The average Bonchev–Trinajstić information content (AvgIpc) is 2.28. The Hall–Kier alpha value is -0.222. The first kappa shape index (κ1) is 11.9. The van der Waals surface area contributed by atoms with E-state index in [0.29, 0.717) is 0 Å². The Morgan fingerprint density at radius 1 is 0.857 bits per heavy atom. The Labute approximate surface area is 91.2 Å². The van der Waals surface area contributed by atoms with Gasteiger partial charge in [-0.3, -0.25) is 0 Å². The minimum absolute atomic E-state index is 1.42. The van der Waals surface area contributed by atoms with Gasteiger partial charge in [0.2, 0.25) is 0 Å². The predicted octanol–water partition coefficient (Wildman–Crippen LogP) is 4.01. The fraction of sp³-hybridized carbons (Fsp3) is 0.538. The van der Waals surface area contributed by atoms with Crippen LogP contribution in [0.1, 0.15) is 26.3 Å². The van der Waals surface area contributed by atoms with E-state index in [-0.39, 0.29) is 0 Å². The third-order valence-electron chi connectivity index (χ3n) is 3.67. The number of hydrogen-bond acceptors (Lipinski definition) is 0. The van der Waals surface area contributed by atoms with Crippen molar-refractivity contribution in [3.63, 3.8) is 0 Å². The van der Waals surface area contributed by atoms with Crippen LogP contribution in [0, 0.1) is 0 Å². The molecule has 1 rings (SSSR count). The normalized spacial score (nSPS) is 12.8. The van der Waals surface area contributed by atoms with Gasteiger partial charge in [-0.25, -0.2) is 0 Å². The summed E-state index contributed by atoms with van der Waals surface area (Å²) in [5.41, 5.74) is 1.57. The zero-order chi connectivity index (χ0) is 10.4. The van der Waals surface area contributed by atoms with Crippen molar-refractivity contribution in [2.24, 2.45) is 0 Å². The van der Waals surface area contributed by atoms with Gasteiger partial charge in [-0.05, 0) is 0 Å². The summed E-state index contributed by atoms with van der Waals surface area (Å²) in [6, 6.07) is 11.0. The molecular weight excluding hydrogens is 231 g/mol. The Balaban J connectivity index is 2.74. The van der Waals surface area contributed by atoms with Gasteiger partial charge in [-0.2, -0.15) is 0 Å². The summed E-state index contributed by atoms with van der Waals surface area (Å²) < 4.78 is 0. The molecule has 1 aromatic rings. The van der Waals surface area contributed by atoms with Gasteiger partial charge in [0.15, 0.2) is 0 Å². The van der Waals surface area contributed by atoms with Gasteiger partial charge in [0, 0.05) is 0 Å². The molecule has 0 saturated carbocycles. The SMILES string of the molecule is CC[AsH](CC)(CC)Cc1ccccc1. The van der Waals surface area contributed by atoms with Crippen LogP contribution in [0.15, 0.2) is 30.3 Å². The van der Waals surface area contributed by atoms with E-state index in [4.69, 9.17) is 0 Å². The van der Waals surface area contributed by atoms with Crippen LogP contribution in [0.4, 0.5) is 0 Å². The van der Waals surface area contributed by atoms with Crippen LogP contribution in [0.25, 0.3) is 0 Å². The topological polar surface area (TPSA) is 0 Å². The first-order chi connectivity index (χ1) is 6.76. The Bertz CT molecular complexity index is 241. The maximum absolute atomic E-state index is 2.40. The van der Waals surface area contributed by atoms with Gasteiger partial charge < -0.3 is 0 Å². The molecule has 0 aromatic heterocycles. The van der Waals surface area contributed by atoms with E-state index in [1.807, 2.05) is 0 Å². The molecule has 1 aromatic carbocycles. The van der Waals surface area contributed by atoms with Gasteiger partial charge in [0.25, 0.3) is 0 Å². The molecule has 0 saturated heterocycles. The molecule has 1 heteroatoms. The Morgan fingerprint density at radius 3 is 1.79 bits per heavy atom. The van der Waals surface area contributed by atoms with E-state index in [1.54, 1.807) is 5.56 Å². The fourth-order valence-electron chi connectivity index (χ4n) is 2.15. The quantitative estimate of drug-likeness (QED) is 0.696. The second-order valence-electron chi connectivity index (χ2n) is 4.22. The maximum atomic E-state index is 2.40. The summed E-state index contributed by atoms with van der Waals surface area (Å²) in [6.45, 7) is 7.20. The predicted molar refractivity (Wildman–Crippen MR) is 68.7 cm³/mol. The molecule has 0 aliphatic heterocycles. The molecule has 0 spiro atoms. The van der Waals surface area contributed by atoms with E-state index >= 15 is 0 Å². The molecule has 0 unspecified atom stereocenters. The van der Waals surface area contributed by atoms with Crippen molar-refractivity contribution in [1.82, 2.24) is 0 Å². The molecular formula is C13H23As. The van der Waals surface area contributed by atoms with Gasteiger partial charge in [0.05, 0.1) is 0 Å². The first-order valence-electron chi connectivity index (χ1n) is 5.80. The average molecular weight is 254 g/mol.